The van der Waals surface area contributed by atoms with Gasteiger partial charge in [0.25, 0.3) is 0 Å². The molecule has 0 bridgehead atoms. The highest BCUT2D eigenvalue weighted by molar-refractivity contribution is 5.01. The Morgan fingerprint density at radius 1 is 1.25 bits per heavy atom. The molecule has 0 aromatic heterocycles. The number of rotatable bonds is 1. The molecule has 0 aliphatic heterocycles. The summed E-state index contributed by atoms with van der Waals surface area (Å²) < 4.78 is 0. The Morgan fingerprint density at radius 3 is 2.25 bits per heavy atom. The molecule has 2 rings (SSSR count). The fourth-order valence-electron chi connectivity index (χ4n) is 2.32. The minimum Gasteiger partial charge on any atom is -0.330 e. The van der Waals surface area contributed by atoms with Crippen molar-refractivity contribution in [2.45, 2.75) is 19.3 Å². The molecule has 0 aromatic rings. The van der Waals surface area contributed by atoms with Gasteiger partial charge >= 0.3 is 0 Å². The summed E-state index contributed by atoms with van der Waals surface area (Å²) in [6.45, 7) is 0.954. The van der Waals surface area contributed by atoms with E-state index in [1.54, 1.807) is 0 Å². The zero-order valence-corrected chi connectivity index (χ0v) is 5.14. The summed E-state index contributed by atoms with van der Waals surface area (Å²) in [6.07, 6.45) is 4.44. The van der Waals surface area contributed by atoms with E-state index in [1.807, 2.05) is 0 Å². The van der Waals surface area contributed by atoms with Crippen LogP contribution in [-0.2, 0) is 0 Å². The molecule has 0 saturated heterocycles. The Balaban J connectivity index is 1.94. The third kappa shape index (κ3) is 0.455. The summed E-state index contributed by atoms with van der Waals surface area (Å²) in [5, 5.41) is 0. The molecule has 1 nitrogen and oxygen atoms in total. The first-order valence-electron chi connectivity index (χ1n) is 3.63. The summed E-state index contributed by atoms with van der Waals surface area (Å²) in [5.41, 5.74) is 5.52. The molecular formula is C7H13N. The van der Waals surface area contributed by atoms with E-state index in [4.69, 9.17) is 5.73 Å². The van der Waals surface area contributed by atoms with Crippen LogP contribution < -0.4 is 5.73 Å². The van der Waals surface area contributed by atoms with Crippen LogP contribution in [0.2, 0.25) is 0 Å². The van der Waals surface area contributed by atoms with Gasteiger partial charge in [0.1, 0.15) is 0 Å². The van der Waals surface area contributed by atoms with E-state index in [0.29, 0.717) is 0 Å². The minimum atomic E-state index is 0.948. The molecule has 2 saturated carbocycles. The van der Waals surface area contributed by atoms with Crippen molar-refractivity contribution in [2.24, 2.45) is 23.5 Å². The maximum Gasteiger partial charge on any atom is -0.00434 e. The fraction of sp³-hybridized carbons (Fsp3) is 1.00. The van der Waals surface area contributed by atoms with Gasteiger partial charge in [0.05, 0.1) is 0 Å². The molecule has 0 heterocycles. The molecule has 1 heteroatoms. The van der Waals surface area contributed by atoms with Gasteiger partial charge in [0.2, 0.25) is 0 Å². The SMILES string of the molecule is NCC1[C@H]2CCC[C@@H]12. The number of hydrogen-bond donors (Lipinski definition) is 1. The van der Waals surface area contributed by atoms with Gasteiger partial charge in [-0.1, -0.05) is 6.42 Å². The molecular weight excluding hydrogens is 98.1 g/mol. The van der Waals surface area contributed by atoms with Crippen molar-refractivity contribution in [1.29, 1.82) is 0 Å². The molecule has 0 amide bonds. The maximum absolute atomic E-state index is 5.52. The van der Waals surface area contributed by atoms with Gasteiger partial charge < -0.3 is 5.73 Å². The number of hydrogen-bond acceptors (Lipinski definition) is 1. The van der Waals surface area contributed by atoms with Crippen molar-refractivity contribution in [3.05, 3.63) is 0 Å². The van der Waals surface area contributed by atoms with E-state index in [9.17, 15) is 0 Å². The summed E-state index contributed by atoms with van der Waals surface area (Å²) in [4.78, 5) is 0. The third-order valence-corrected chi connectivity index (χ3v) is 2.86. The molecule has 46 valence electrons. The Labute approximate surface area is 50.3 Å². The molecule has 8 heavy (non-hydrogen) atoms. The van der Waals surface area contributed by atoms with E-state index in [1.165, 1.54) is 19.3 Å². The van der Waals surface area contributed by atoms with E-state index in [2.05, 4.69) is 0 Å². The van der Waals surface area contributed by atoms with Crippen molar-refractivity contribution in [2.75, 3.05) is 6.54 Å². The van der Waals surface area contributed by atoms with E-state index in [0.717, 1.165) is 24.3 Å². The molecule has 3 atom stereocenters. The molecule has 2 fully saturated rings. The first-order valence-corrected chi connectivity index (χ1v) is 3.63. The lowest BCUT2D eigenvalue weighted by Gasteiger charge is -1.94. The van der Waals surface area contributed by atoms with Gasteiger partial charge in [0.15, 0.2) is 0 Å². The zero-order valence-electron chi connectivity index (χ0n) is 5.14. The van der Waals surface area contributed by atoms with Crippen molar-refractivity contribution in [3.8, 4) is 0 Å². The molecule has 2 aliphatic carbocycles. The Morgan fingerprint density at radius 2 is 1.88 bits per heavy atom. The Hall–Kier alpha value is -0.0400. The highest BCUT2D eigenvalue weighted by Crippen LogP contribution is 2.56. The highest BCUT2D eigenvalue weighted by Gasteiger charge is 2.51. The van der Waals surface area contributed by atoms with Crippen LogP contribution in [-0.4, -0.2) is 6.54 Å². The van der Waals surface area contributed by atoms with Crippen molar-refractivity contribution >= 4 is 0 Å². The van der Waals surface area contributed by atoms with Crippen LogP contribution in [0.25, 0.3) is 0 Å². The lowest BCUT2D eigenvalue weighted by Crippen LogP contribution is -2.04. The minimum absolute atomic E-state index is 0.948. The monoisotopic (exact) mass is 111 g/mol. The van der Waals surface area contributed by atoms with Crippen molar-refractivity contribution in [1.82, 2.24) is 0 Å². The van der Waals surface area contributed by atoms with Crippen LogP contribution in [0.5, 0.6) is 0 Å². The van der Waals surface area contributed by atoms with E-state index < -0.39 is 0 Å². The lowest BCUT2D eigenvalue weighted by atomic mass is 10.1. The largest absolute Gasteiger partial charge is 0.330 e. The molecule has 2 aliphatic rings. The van der Waals surface area contributed by atoms with Crippen LogP contribution in [0.3, 0.4) is 0 Å². The summed E-state index contributed by atoms with van der Waals surface area (Å²) in [6, 6.07) is 0. The summed E-state index contributed by atoms with van der Waals surface area (Å²) >= 11 is 0. The second kappa shape index (κ2) is 1.47. The maximum atomic E-state index is 5.52. The highest BCUT2D eigenvalue weighted by atomic mass is 14.7. The third-order valence-electron chi connectivity index (χ3n) is 2.86. The zero-order chi connectivity index (χ0) is 5.56. The van der Waals surface area contributed by atoms with Gasteiger partial charge in [-0.3, -0.25) is 0 Å². The predicted octanol–water partition coefficient (Wildman–Crippen LogP) is 0.991. The predicted molar refractivity (Wildman–Crippen MR) is 33.4 cm³/mol. The van der Waals surface area contributed by atoms with Crippen molar-refractivity contribution in [3.63, 3.8) is 0 Å². The Kier molecular flexibility index (Phi) is 0.884. The van der Waals surface area contributed by atoms with Crippen LogP contribution in [0.1, 0.15) is 19.3 Å². The fourth-order valence-corrected chi connectivity index (χ4v) is 2.32. The molecule has 0 spiro atoms. The second-order valence-corrected chi connectivity index (χ2v) is 3.16. The van der Waals surface area contributed by atoms with Crippen molar-refractivity contribution < 1.29 is 0 Å². The standard InChI is InChI=1S/C7H13N/c8-4-7-5-2-1-3-6(5)7/h5-7H,1-4,8H2/t5-,6+,7?. The first-order chi connectivity index (χ1) is 3.93. The van der Waals surface area contributed by atoms with Gasteiger partial charge in [-0.2, -0.15) is 0 Å². The Bertz CT molecular complexity index is 83.8. The molecule has 2 N–H and O–H groups in total. The smallest absolute Gasteiger partial charge is 0.00434 e. The van der Waals surface area contributed by atoms with Gasteiger partial charge in [-0.15, -0.1) is 0 Å². The lowest BCUT2D eigenvalue weighted by molar-refractivity contribution is 0.596. The quantitative estimate of drug-likeness (QED) is 0.536. The summed E-state index contributed by atoms with van der Waals surface area (Å²) in [7, 11) is 0. The average Bonchev–Trinajstić information content (AvgIpc) is 2.22. The van der Waals surface area contributed by atoms with Crippen LogP contribution in [0, 0.1) is 17.8 Å². The second-order valence-electron chi connectivity index (χ2n) is 3.16. The topological polar surface area (TPSA) is 26.0 Å². The average molecular weight is 111 g/mol. The summed E-state index contributed by atoms with van der Waals surface area (Å²) in [5.74, 6) is 3.09. The van der Waals surface area contributed by atoms with Crippen LogP contribution in [0.15, 0.2) is 0 Å². The number of nitrogens with two attached hydrogens (primary N) is 1. The van der Waals surface area contributed by atoms with Gasteiger partial charge in [-0.05, 0) is 37.1 Å². The van der Waals surface area contributed by atoms with E-state index >= 15 is 0 Å². The van der Waals surface area contributed by atoms with Gasteiger partial charge in [0, 0.05) is 0 Å². The number of fused-ring (bicyclic) bond motifs is 1. The molecule has 1 unspecified atom stereocenters. The first kappa shape index (κ1) is 4.80. The van der Waals surface area contributed by atoms with Gasteiger partial charge in [-0.25, -0.2) is 0 Å². The normalized spacial score (nSPS) is 51.4. The van der Waals surface area contributed by atoms with Crippen LogP contribution >= 0.6 is 0 Å². The van der Waals surface area contributed by atoms with E-state index in [-0.39, 0.29) is 0 Å². The molecule has 0 radical (unpaired) electrons. The molecule has 0 aromatic carbocycles. The van der Waals surface area contributed by atoms with Crippen LogP contribution in [0.4, 0.5) is 0 Å².